The average molecular weight is 475 g/mol. The number of nitrogens with one attached hydrogen (secondary N) is 1. The van der Waals surface area contributed by atoms with Gasteiger partial charge in [0, 0.05) is 12.6 Å². The van der Waals surface area contributed by atoms with Gasteiger partial charge in [0.1, 0.15) is 11.3 Å². The first-order chi connectivity index (χ1) is 16.9. The van der Waals surface area contributed by atoms with Crippen molar-refractivity contribution < 1.29 is 14.3 Å². The summed E-state index contributed by atoms with van der Waals surface area (Å²) in [5.41, 5.74) is 1.53. The van der Waals surface area contributed by atoms with Crippen molar-refractivity contribution >= 4 is 22.8 Å². The Labute approximate surface area is 206 Å². The molecule has 0 bridgehead atoms. The summed E-state index contributed by atoms with van der Waals surface area (Å²) in [4.78, 5) is 34.1. The molecule has 0 saturated heterocycles. The van der Waals surface area contributed by atoms with Crippen molar-refractivity contribution in [2.75, 3.05) is 6.61 Å². The van der Waals surface area contributed by atoms with E-state index in [1.165, 1.54) is 6.42 Å². The van der Waals surface area contributed by atoms with Crippen LogP contribution in [0.25, 0.3) is 11.0 Å². The highest BCUT2D eigenvalue weighted by atomic mass is 16.5. The van der Waals surface area contributed by atoms with Crippen LogP contribution in [0, 0.1) is 5.92 Å². The molecule has 35 heavy (non-hydrogen) atoms. The van der Waals surface area contributed by atoms with E-state index in [4.69, 9.17) is 4.74 Å². The molecular formula is C28H34N4O3. The van der Waals surface area contributed by atoms with E-state index in [9.17, 15) is 9.59 Å². The van der Waals surface area contributed by atoms with E-state index in [1.807, 2.05) is 66.9 Å². The molecule has 1 saturated carbocycles. The molecule has 0 unspecified atom stereocenters. The van der Waals surface area contributed by atoms with E-state index < -0.39 is 5.54 Å². The normalized spacial score (nSPS) is 24.3. The Morgan fingerprint density at radius 3 is 2.63 bits per heavy atom. The second-order valence-electron chi connectivity index (χ2n) is 10.1. The number of carbonyl (C=O) groups is 2. The lowest BCUT2D eigenvalue weighted by molar-refractivity contribution is -0.134. The third-order valence-electron chi connectivity index (χ3n) is 7.64. The van der Waals surface area contributed by atoms with Crippen LogP contribution in [0.2, 0.25) is 0 Å². The van der Waals surface area contributed by atoms with E-state index >= 15 is 0 Å². The van der Waals surface area contributed by atoms with Crippen molar-refractivity contribution in [1.29, 1.82) is 0 Å². The number of benzene rings is 2. The SMILES string of the molecule is CCOc1ccc(CN2C(=O)c3nc4ccccc4n3C[C@]2(C)C(=O)N[C@H]2CCCC[C@H]2C)cc1. The van der Waals surface area contributed by atoms with Crippen molar-refractivity contribution in [2.45, 2.75) is 71.1 Å². The maximum Gasteiger partial charge on any atom is 0.291 e. The Hall–Kier alpha value is -3.35. The molecule has 7 nitrogen and oxygen atoms in total. The van der Waals surface area contributed by atoms with Gasteiger partial charge in [-0.25, -0.2) is 4.98 Å². The summed E-state index contributed by atoms with van der Waals surface area (Å²) < 4.78 is 7.48. The zero-order valence-corrected chi connectivity index (χ0v) is 20.8. The number of para-hydroxylation sites is 2. The lowest BCUT2D eigenvalue weighted by Crippen LogP contribution is -2.65. The van der Waals surface area contributed by atoms with Crippen molar-refractivity contribution in [1.82, 2.24) is 19.8 Å². The maximum absolute atomic E-state index is 13.9. The third kappa shape index (κ3) is 4.28. The number of amides is 2. The molecule has 3 atom stereocenters. The predicted octanol–water partition coefficient (Wildman–Crippen LogP) is 4.54. The number of imidazole rings is 1. The molecule has 1 aliphatic heterocycles. The van der Waals surface area contributed by atoms with Crippen LogP contribution in [0.4, 0.5) is 0 Å². The number of ether oxygens (including phenoxy) is 1. The van der Waals surface area contributed by atoms with Gasteiger partial charge in [0.15, 0.2) is 5.82 Å². The van der Waals surface area contributed by atoms with Gasteiger partial charge in [0.2, 0.25) is 5.91 Å². The number of hydrogen-bond acceptors (Lipinski definition) is 4. The molecule has 2 heterocycles. The highest BCUT2D eigenvalue weighted by Crippen LogP contribution is 2.33. The van der Waals surface area contributed by atoms with Crippen molar-refractivity contribution in [3.63, 3.8) is 0 Å². The maximum atomic E-state index is 13.9. The molecule has 1 aromatic heterocycles. The molecule has 0 spiro atoms. The topological polar surface area (TPSA) is 76.5 Å². The molecule has 2 amide bonds. The Kier molecular flexibility index (Phi) is 6.26. The van der Waals surface area contributed by atoms with E-state index in [2.05, 4.69) is 17.2 Å². The highest BCUT2D eigenvalue weighted by molar-refractivity contribution is 6.01. The van der Waals surface area contributed by atoms with E-state index in [0.29, 0.717) is 31.4 Å². The Morgan fingerprint density at radius 2 is 1.89 bits per heavy atom. The summed E-state index contributed by atoms with van der Waals surface area (Å²) in [5, 5.41) is 3.33. The van der Waals surface area contributed by atoms with E-state index in [1.54, 1.807) is 4.90 Å². The number of nitrogens with zero attached hydrogens (tertiary/aromatic N) is 3. The predicted molar refractivity (Wildman–Crippen MR) is 135 cm³/mol. The summed E-state index contributed by atoms with van der Waals surface area (Å²) in [6.45, 7) is 7.32. The Balaban J connectivity index is 1.51. The molecule has 2 aliphatic rings. The molecule has 5 rings (SSSR count). The summed E-state index contributed by atoms with van der Waals surface area (Å²) >= 11 is 0. The van der Waals surface area contributed by atoms with E-state index in [-0.39, 0.29) is 17.9 Å². The van der Waals surface area contributed by atoms with Gasteiger partial charge in [-0.1, -0.05) is 44.0 Å². The number of fused-ring (bicyclic) bond motifs is 3. The number of rotatable bonds is 6. The molecule has 2 aromatic carbocycles. The van der Waals surface area contributed by atoms with Gasteiger partial charge in [-0.05, 0) is 62.4 Å². The fraction of sp³-hybridized carbons (Fsp3) is 0.464. The quantitative estimate of drug-likeness (QED) is 0.569. The van der Waals surface area contributed by atoms with Gasteiger partial charge >= 0.3 is 0 Å². The minimum absolute atomic E-state index is 0.0982. The van der Waals surface area contributed by atoms with Gasteiger partial charge in [0.25, 0.3) is 5.91 Å². The minimum atomic E-state index is -1.05. The van der Waals surface area contributed by atoms with Gasteiger partial charge in [-0.2, -0.15) is 0 Å². The first-order valence-electron chi connectivity index (χ1n) is 12.7. The molecule has 184 valence electrons. The van der Waals surface area contributed by atoms with Crippen LogP contribution in [-0.2, 0) is 17.9 Å². The summed E-state index contributed by atoms with van der Waals surface area (Å²) in [6.07, 6.45) is 4.43. The lowest BCUT2D eigenvalue weighted by atomic mass is 9.85. The molecule has 7 heteroatoms. The van der Waals surface area contributed by atoms with Crippen LogP contribution < -0.4 is 10.1 Å². The zero-order valence-electron chi connectivity index (χ0n) is 20.8. The van der Waals surface area contributed by atoms with Crippen LogP contribution in [0.3, 0.4) is 0 Å². The van der Waals surface area contributed by atoms with Crippen LogP contribution in [0.15, 0.2) is 48.5 Å². The van der Waals surface area contributed by atoms with Crippen LogP contribution in [0.1, 0.15) is 62.6 Å². The van der Waals surface area contributed by atoms with Crippen LogP contribution >= 0.6 is 0 Å². The molecule has 1 aliphatic carbocycles. The standard InChI is InChI=1S/C28H34N4O3/c1-4-35-21-15-13-20(14-16-21)17-32-26(33)25-29-23-11-7-8-12-24(23)31(25)18-28(32,3)27(34)30-22-10-6-5-9-19(22)2/h7-8,11-16,19,22H,4-6,9-10,17-18H2,1-3H3,(H,30,34)/t19-,22+,28-/m1/s1. The smallest absolute Gasteiger partial charge is 0.291 e. The van der Waals surface area contributed by atoms with Crippen molar-refractivity contribution in [3.8, 4) is 5.75 Å². The second kappa shape index (κ2) is 9.36. The van der Waals surface area contributed by atoms with Crippen LogP contribution in [0.5, 0.6) is 5.75 Å². The lowest BCUT2D eigenvalue weighted by Gasteiger charge is -2.44. The fourth-order valence-corrected chi connectivity index (χ4v) is 5.47. The van der Waals surface area contributed by atoms with E-state index in [0.717, 1.165) is 41.6 Å². The zero-order chi connectivity index (χ0) is 24.6. The third-order valence-corrected chi connectivity index (χ3v) is 7.64. The molecular weight excluding hydrogens is 440 g/mol. The van der Waals surface area contributed by atoms with Gasteiger partial charge < -0.3 is 19.5 Å². The largest absolute Gasteiger partial charge is 0.494 e. The second-order valence-corrected chi connectivity index (χ2v) is 10.1. The first-order valence-corrected chi connectivity index (χ1v) is 12.7. The monoisotopic (exact) mass is 474 g/mol. The summed E-state index contributed by atoms with van der Waals surface area (Å²) in [5.74, 6) is 1.28. The minimum Gasteiger partial charge on any atom is -0.494 e. The van der Waals surface area contributed by atoms with Gasteiger partial charge in [-0.3, -0.25) is 9.59 Å². The van der Waals surface area contributed by atoms with Gasteiger partial charge in [0.05, 0.1) is 24.2 Å². The Morgan fingerprint density at radius 1 is 1.14 bits per heavy atom. The average Bonchev–Trinajstić information content (AvgIpc) is 3.23. The summed E-state index contributed by atoms with van der Waals surface area (Å²) in [7, 11) is 0. The molecule has 3 aromatic rings. The highest BCUT2D eigenvalue weighted by Gasteiger charge is 2.49. The molecule has 1 fully saturated rings. The van der Waals surface area contributed by atoms with Gasteiger partial charge in [-0.15, -0.1) is 0 Å². The summed E-state index contributed by atoms with van der Waals surface area (Å²) in [6, 6.07) is 15.6. The fourth-order valence-electron chi connectivity index (χ4n) is 5.47. The number of carbonyl (C=O) groups excluding carboxylic acids is 2. The van der Waals surface area contributed by atoms with Crippen molar-refractivity contribution in [3.05, 3.63) is 59.9 Å². The first kappa shape index (κ1) is 23.4. The molecule has 1 N–H and O–H groups in total. The van der Waals surface area contributed by atoms with Crippen molar-refractivity contribution in [2.24, 2.45) is 5.92 Å². The molecule has 0 radical (unpaired) electrons. The Bertz CT molecular complexity index is 1230. The number of hydrogen-bond donors (Lipinski definition) is 1. The van der Waals surface area contributed by atoms with Crippen LogP contribution in [-0.4, -0.2) is 44.5 Å². The number of aromatic nitrogens is 2.